The van der Waals surface area contributed by atoms with Gasteiger partial charge in [0.15, 0.2) is 5.13 Å². The van der Waals surface area contributed by atoms with Gasteiger partial charge in [0.05, 0.1) is 27.2 Å². The van der Waals surface area contributed by atoms with Crippen molar-refractivity contribution in [1.29, 1.82) is 0 Å². The number of carbonyl (C=O) groups excluding carboxylic acids is 3. The van der Waals surface area contributed by atoms with E-state index in [1.165, 1.54) is 16.2 Å². The standard InChI is InChI=1S/C23H18ClN5O3S/c24-17-7-3-8-18-20(17)26-23(33-18)28(11-4-10-27-12-9-25-14-27)19(30)13-29-21(31)15-5-1-2-6-16(15)22(29)32/h1-3,5-9,12,14H,4,10-11,13H2. The highest BCUT2D eigenvalue weighted by Crippen LogP contribution is 2.33. The molecular formula is C23H18ClN5O3S. The predicted octanol–water partition coefficient (Wildman–Crippen LogP) is 3.87. The molecule has 10 heteroatoms. The lowest BCUT2D eigenvalue weighted by Crippen LogP contribution is -2.43. The first-order valence-corrected chi connectivity index (χ1v) is 11.5. The monoisotopic (exact) mass is 479 g/mol. The normalized spacial score (nSPS) is 13.1. The van der Waals surface area contributed by atoms with Gasteiger partial charge < -0.3 is 4.57 Å². The van der Waals surface area contributed by atoms with E-state index >= 15 is 0 Å². The number of hydrogen-bond donors (Lipinski definition) is 0. The summed E-state index contributed by atoms with van der Waals surface area (Å²) >= 11 is 7.63. The number of nitrogens with zero attached hydrogens (tertiary/aromatic N) is 5. The highest BCUT2D eigenvalue weighted by atomic mass is 35.5. The summed E-state index contributed by atoms with van der Waals surface area (Å²) in [5.41, 5.74) is 1.25. The van der Waals surface area contributed by atoms with E-state index in [4.69, 9.17) is 11.6 Å². The molecule has 3 heterocycles. The van der Waals surface area contributed by atoms with Crippen LogP contribution in [0.3, 0.4) is 0 Å². The number of imide groups is 1. The van der Waals surface area contributed by atoms with Crippen LogP contribution in [0.1, 0.15) is 27.1 Å². The van der Waals surface area contributed by atoms with Gasteiger partial charge in [0, 0.05) is 25.5 Å². The Balaban J connectivity index is 1.40. The van der Waals surface area contributed by atoms with E-state index in [1.54, 1.807) is 42.9 Å². The Labute approximate surface area is 198 Å². The van der Waals surface area contributed by atoms with Crippen molar-refractivity contribution in [2.75, 3.05) is 18.0 Å². The fourth-order valence-corrected chi connectivity index (χ4v) is 5.09. The summed E-state index contributed by atoms with van der Waals surface area (Å²) in [7, 11) is 0. The van der Waals surface area contributed by atoms with Gasteiger partial charge in [-0.3, -0.25) is 24.2 Å². The fourth-order valence-electron chi connectivity index (χ4n) is 3.78. The van der Waals surface area contributed by atoms with Crippen molar-refractivity contribution in [2.45, 2.75) is 13.0 Å². The van der Waals surface area contributed by atoms with Crippen LogP contribution in [0.4, 0.5) is 5.13 Å². The maximum Gasteiger partial charge on any atom is 0.262 e. The number of rotatable bonds is 7. The molecule has 4 aromatic rings. The average molecular weight is 480 g/mol. The molecule has 2 aromatic heterocycles. The summed E-state index contributed by atoms with van der Waals surface area (Å²) in [6, 6.07) is 12.1. The lowest BCUT2D eigenvalue weighted by atomic mass is 10.1. The Morgan fingerprint density at radius 1 is 1.06 bits per heavy atom. The van der Waals surface area contributed by atoms with E-state index in [0.29, 0.717) is 46.3 Å². The molecule has 0 unspecified atom stereocenters. The van der Waals surface area contributed by atoms with Crippen LogP contribution in [0.5, 0.6) is 0 Å². The smallest absolute Gasteiger partial charge is 0.262 e. The summed E-state index contributed by atoms with van der Waals surface area (Å²) in [5, 5.41) is 0.978. The molecule has 1 aliphatic heterocycles. The van der Waals surface area contributed by atoms with Crippen LogP contribution in [0.2, 0.25) is 5.02 Å². The number of amides is 3. The first kappa shape index (κ1) is 21.3. The summed E-state index contributed by atoms with van der Waals surface area (Å²) in [6.45, 7) is 0.654. The number of thiazole rings is 1. The first-order valence-electron chi connectivity index (χ1n) is 10.3. The predicted molar refractivity (Wildman–Crippen MR) is 126 cm³/mol. The number of aryl methyl sites for hydroxylation is 1. The Hall–Kier alpha value is -3.56. The van der Waals surface area contributed by atoms with Gasteiger partial charge >= 0.3 is 0 Å². The molecule has 8 nitrogen and oxygen atoms in total. The van der Waals surface area contributed by atoms with Crippen molar-refractivity contribution >= 4 is 56.0 Å². The molecule has 0 saturated heterocycles. The van der Waals surface area contributed by atoms with E-state index < -0.39 is 11.8 Å². The Bertz CT molecular complexity index is 1330. The highest BCUT2D eigenvalue weighted by Gasteiger charge is 2.37. The van der Waals surface area contributed by atoms with Crippen molar-refractivity contribution in [3.05, 3.63) is 77.3 Å². The molecular weight excluding hydrogens is 462 g/mol. The molecule has 1 aliphatic rings. The van der Waals surface area contributed by atoms with Crippen LogP contribution in [-0.4, -0.2) is 50.2 Å². The number of imidazole rings is 1. The molecule has 166 valence electrons. The van der Waals surface area contributed by atoms with Gasteiger partial charge in [0.1, 0.15) is 12.1 Å². The van der Waals surface area contributed by atoms with E-state index in [2.05, 4.69) is 9.97 Å². The lowest BCUT2D eigenvalue weighted by molar-refractivity contribution is -0.119. The van der Waals surface area contributed by atoms with Gasteiger partial charge in [-0.05, 0) is 30.7 Å². The number of carbonyl (C=O) groups is 3. The first-order chi connectivity index (χ1) is 16.0. The highest BCUT2D eigenvalue weighted by molar-refractivity contribution is 7.22. The second-order valence-corrected chi connectivity index (χ2v) is 8.94. The SMILES string of the molecule is O=C1c2ccccc2C(=O)N1CC(=O)N(CCCn1ccnc1)c1nc2c(Cl)cccc2s1. The number of benzene rings is 2. The molecule has 0 radical (unpaired) electrons. The second-order valence-electron chi connectivity index (χ2n) is 7.52. The summed E-state index contributed by atoms with van der Waals surface area (Å²) < 4.78 is 2.77. The Morgan fingerprint density at radius 2 is 1.82 bits per heavy atom. The van der Waals surface area contributed by atoms with Crippen LogP contribution in [0.15, 0.2) is 61.2 Å². The van der Waals surface area contributed by atoms with Crippen LogP contribution < -0.4 is 4.90 Å². The van der Waals surface area contributed by atoms with Crippen molar-refractivity contribution in [2.24, 2.45) is 0 Å². The molecule has 0 saturated carbocycles. The third-order valence-electron chi connectivity index (χ3n) is 5.42. The Morgan fingerprint density at radius 3 is 2.48 bits per heavy atom. The van der Waals surface area contributed by atoms with Crippen molar-refractivity contribution in [1.82, 2.24) is 19.4 Å². The number of halogens is 1. The topological polar surface area (TPSA) is 88.4 Å². The molecule has 0 spiro atoms. The lowest BCUT2D eigenvalue weighted by Gasteiger charge is -2.22. The van der Waals surface area contributed by atoms with Crippen LogP contribution in [0.25, 0.3) is 10.2 Å². The molecule has 0 N–H and O–H groups in total. The second kappa shape index (κ2) is 8.76. The van der Waals surface area contributed by atoms with E-state index in [1.807, 2.05) is 22.9 Å². The molecule has 5 rings (SSSR count). The number of anilines is 1. The van der Waals surface area contributed by atoms with E-state index in [-0.39, 0.29) is 12.5 Å². The summed E-state index contributed by atoms with van der Waals surface area (Å²) in [4.78, 5) is 50.0. The maximum atomic E-state index is 13.4. The number of para-hydroxylation sites is 1. The van der Waals surface area contributed by atoms with Gasteiger partial charge in [-0.1, -0.05) is 41.1 Å². The third kappa shape index (κ3) is 4.01. The Kier molecular flexibility index (Phi) is 5.65. The van der Waals surface area contributed by atoms with Crippen molar-refractivity contribution in [3.8, 4) is 0 Å². The van der Waals surface area contributed by atoms with Gasteiger partial charge in [-0.2, -0.15) is 0 Å². The van der Waals surface area contributed by atoms with Gasteiger partial charge in [0.2, 0.25) is 5.91 Å². The largest absolute Gasteiger partial charge is 0.337 e. The molecule has 33 heavy (non-hydrogen) atoms. The number of fused-ring (bicyclic) bond motifs is 2. The molecule has 0 fully saturated rings. The third-order valence-corrected chi connectivity index (χ3v) is 6.77. The minimum Gasteiger partial charge on any atom is -0.337 e. The summed E-state index contributed by atoms with van der Waals surface area (Å²) in [6.07, 6.45) is 5.89. The minimum atomic E-state index is -0.463. The van der Waals surface area contributed by atoms with Gasteiger partial charge in [-0.25, -0.2) is 9.97 Å². The van der Waals surface area contributed by atoms with Crippen LogP contribution in [0, 0.1) is 0 Å². The molecule has 2 aromatic carbocycles. The molecule has 0 bridgehead atoms. The van der Waals surface area contributed by atoms with Crippen molar-refractivity contribution < 1.29 is 14.4 Å². The number of aromatic nitrogens is 3. The zero-order valence-electron chi connectivity index (χ0n) is 17.3. The molecule has 0 atom stereocenters. The van der Waals surface area contributed by atoms with E-state index in [0.717, 1.165) is 9.60 Å². The zero-order valence-corrected chi connectivity index (χ0v) is 18.9. The van der Waals surface area contributed by atoms with E-state index in [9.17, 15) is 14.4 Å². The van der Waals surface area contributed by atoms with Crippen LogP contribution in [-0.2, 0) is 11.3 Å². The van der Waals surface area contributed by atoms with Gasteiger partial charge in [-0.15, -0.1) is 0 Å². The molecule has 0 aliphatic carbocycles. The van der Waals surface area contributed by atoms with Crippen LogP contribution >= 0.6 is 22.9 Å². The maximum absolute atomic E-state index is 13.4. The number of hydrogen-bond acceptors (Lipinski definition) is 6. The average Bonchev–Trinajstić information content (AvgIpc) is 3.54. The minimum absolute atomic E-state index is 0.314. The molecule has 3 amide bonds. The zero-order chi connectivity index (χ0) is 22.9. The fraction of sp³-hybridized carbons (Fsp3) is 0.174. The quantitative estimate of drug-likeness (QED) is 0.375. The van der Waals surface area contributed by atoms with Gasteiger partial charge in [0.25, 0.3) is 11.8 Å². The summed E-state index contributed by atoms with van der Waals surface area (Å²) in [5.74, 6) is -1.31. The van der Waals surface area contributed by atoms with Crippen molar-refractivity contribution in [3.63, 3.8) is 0 Å².